The van der Waals surface area contributed by atoms with Crippen molar-refractivity contribution < 1.29 is 9.47 Å². The molecule has 0 spiro atoms. The van der Waals surface area contributed by atoms with Gasteiger partial charge in [0.25, 0.3) is 0 Å². The molecular weight excluding hydrogens is 396 g/mol. The van der Waals surface area contributed by atoms with Gasteiger partial charge in [-0.05, 0) is 77.7 Å². The number of allylic oxidation sites excluding steroid dienone is 1. The van der Waals surface area contributed by atoms with Gasteiger partial charge in [-0.2, -0.15) is 0 Å². The average molecular weight is 427 g/mol. The zero-order valence-corrected chi connectivity index (χ0v) is 18.8. The molecule has 1 aliphatic rings. The molecule has 164 valence electrons. The Morgan fingerprint density at radius 2 is 1.19 bits per heavy atom. The summed E-state index contributed by atoms with van der Waals surface area (Å²) in [6.45, 7) is 6.53. The molecule has 0 radical (unpaired) electrons. The Labute approximate surface area is 190 Å². The molecule has 2 atom stereocenters. The SMILES string of the molecule is C[C@H]1C=C(Oc2ccc(C(C)(C)c3ccc(Oc4ccc(N)cc4)cc3)cc2)C=CC1N. The van der Waals surface area contributed by atoms with Crippen LogP contribution in [0.25, 0.3) is 0 Å². The van der Waals surface area contributed by atoms with Crippen LogP contribution in [-0.4, -0.2) is 6.04 Å². The standard InChI is InChI=1S/C28H30N2O2/c1-19-18-26(16-17-27(19)30)32-24-12-6-21(7-13-24)28(2,3)20-4-10-23(11-5-20)31-25-14-8-22(29)9-15-25/h4-19,27H,29-30H2,1-3H3/t19-,27?/m0/s1. The van der Waals surface area contributed by atoms with Gasteiger partial charge in [0, 0.05) is 17.1 Å². The number of hydrogen-bond donors (Lipinski definition) is 2. The van der Waals surface area contributed by atoms with Crippen molar-refractivity contribution in [2.75, 3.05) is 5.73 Å². The lowest BCUT2D eigenvalue weighted by Crippen LogP contribution is -2.27. The summed E-state index contributed by atoms with van der Waals surface area (Å²) >= 11 is 0. The summed E-state index contributed by atoms with van der Waals surface area (Å²) in [5.74, 6) is 3.47. The molecule has 3 aromatic carbocycles. The van der Waals surface area contributed by atoms with Crippen LogP contribution in [-0.2, 0) is 5.41 Å². The van der Waals surface area contributed by atoms with E-state index in [0.717, 1.165) is 28.7 Å². The van der Waals surface area contributed by atoms with Crippen molar-refractivity contribution in [1.82, 2.24) is 0 Å². The molecule has 4 rings (SSSR count). The van der Waals surface area contributed by atoms with E-state index in [4.69, 9.17) is 20.9 Å². The fourth-order valence-electron chi connectivity index (χ4n) is 3.73. The Balaban J connectivity index is 1.45. The zero-order chi connectivity index (χ0) is 22.7. The number of nitrogens with two attached hydrogens (primary N) is 2. The molecule has 0 fully saturated rings. The summed E-state index contributed by atoms with van der Waals surface area (Å²) < 4.78 is 11.9. The molecule has 4 heteroatoms. The lowest BCUT2D eigenvalue weighted by molar-refractivity contribution is 0.426. The third-order valence-electron chi connectivity index (χ3n) is 6.02. The largest absolute Gasteiger partial charge is 0.458 e. The summed E-state index contributed by atoms with van der Waals surface area (Å²) in [4.78, 5) is 0. The fraction of sp³-hybridized carbons (Fsp3) is 0.214. The van der Waals surface area contributed by atoms with Crippen LogP contribution in [0, 0.1) is 5.92 Å². The van der Waals surface area contributed by atoms with Gasteiger partial charge in [0.05, 0.1) is 0 Å². The van der Waals surface area contributed by atoms with E-state index in [2.05, 4.69) is 51.1 Å². The molecule has 0 saturated heterocycles. The maximum absolute atomic E-state index is 6.02. The highest BCUT2D eigenvalue weighted by Gasteiger charge is 2.23. The first kappa shape index (κ1) is 21.7. The van der Waals surface area contributed by atoms with Gasteiger partial charge in [-0.3, -0.25) is 0 Å². The highest BCUT2D eigenvalue weighted by Crippen LogP contribution is 2.34. The Hall–Kier alpha value is -3.50. The average Bonchev–Trinajstić information content (AvgIpc) is 2.79. The minimum Gasteiger partial charge on any atom is -0.458 e. The number of hydrogen-bond acceptors (Lipinski definition) is 4. The van der Waals surface area contributed by atoms with Crippen molar-refractivity contribution in [1.29, 1.82) is 0 Å². The predicted octanol–water partition coefficient (Wildman–Crippen LogP) is 6.18. The molecule has 32 heavy (non-hydrogen) atoms. The van der Waals surface area contributed by atoms with E-state index in [1.54, 1.807) is 0 Å². The second-order valence-electron chi connectivity index (χ2n) is 8.81. The molecule has 0 bridgehead atoms. The highest BCUT2D eigenvalue weighted by atomic mass is 16.5. The maximum atomic E-state index is 6.02. The van der Waals surface area contributed by atoms with Gasteiger partial charge in [0.2, 0.25) is 0 Å². The van der Waals surface area contributed by atoms with E-state index in [1.165, 1.54) is 11.1 Å². The number of rotatable bonds is 6. The Morgan fingerprint density at radius 1 is 0.719 bits per heavy atom. The summed E-state index contributed by atoms with van der Waals surface area (Å²) in [5.41, 5.74) is 14.7. The topological polar surface area (TPSA) is 70.5 Å². The van der Waals surface area contributed by atoms with Crippen molar-refractivity contribution in [3.63, 3.8) is 0 Å². The molecule has 0 heterocycles. The van der Waals surface area contributed by atoms with Crippen LogP contribution in [0.2, 0.25) is 0 Å². The minimum atomic E-state index is -0.163. The van der Waals surface area contributed by atoms with Crippen LogP contribution in [0.5, 0.6) is 17.2 Å². The van der Waals surface area contributed by atoms with E-state index in [1.807, 2.05) is 60.7 Å². The van der Waals surface area contributed by atoms with Crippen molar-refractivity contribution in [2.45, 2.75) is 32.2 Å². The second kappa shape index (κ2) is 8.93. The Morgan fingerprint density at radius 3 is 1.69 bits per heavy atom. The summed E-state index contributed by atoms with van der Waals surface area (Å²) in [6.07, 6.45) is 5.99. The molecule has 1 aliphatic carbocycles. The minimum absolute atomic E-state index is 0.0498. The number of ether oxygens (including phenoxy) is 2. The van der Waals surface area contributed by atoms with Crippen LogP contribution < -0.4 is 20.9 Å². The number of anilines is 1. The Kier molecular flexibility index (Phi) is 6.06. The molecule has 0 amide bonds. The summed E-state index contributed by atoms with van der Waals surface area (Å²) in [6, 6.07) is 23.9. The quantitative estimate of drug-likeness (QED) is 0.462. The second-order valence-corrected chi connectivity index (χ2v) is 8.81. The van der Waals surface area contributed by atoms with Gasteiger partial charge < -0.3 is 20.9 Å². The van der Waals surface area contributed by atoms with Crippen LogP contribution >= 0.6 is 0 Å². The van der Waals surface area contributed by atoms with Crippen LogP contribution in [0.15, 0.2) is 96.8 Å². The van der Waals surface area contributed by atoms with Gasteiger partial charge in [0.1, 0.15) is 23.0 Å². The monoisotopic (exact) mass is 426 g/mol. The lowest BCUT2D eigenvalue weighted by atomic mass is 9.78. The molecule has 1 unspecified atom stereocenters. The molecule has 4 N–H and O–H groups in total. The molecule has 0 saturated carbocycles. The van der Waals surface area contributed by atoms with Crippen molar-refractivity contribution >= 4 is 5.69 Å². The zero-order valence-electron chi connectivity index (χ0n) is 18.8. The van der Waals surface area contributed by atoms with E-state index in [-0.39, 0.29) is 17.4 Å². The third-order valence-corrected chi connectivity index (χ3v) is 6.02. The van der Waals surface area contributed by atoms with E-state index < -0.39 is 0 Å². The molecule has 3 aromatic rings. The number of nitrogen functional groups attached to an aromatic ring is 1. The highest BCUT2D eigenvalue weighted by molar-refractivity contribution is 5.45. The predicted molar refractivity (Wildman–Crippen MR) is 131 cm³/mol. The lowest BCUT2D eigenvalue weighted by Gasteiger charge is -2.26. The van der Waals surface area contributed by atoms with Crippen molar-refractivity contribution in [3.8, 4) is 17.2 Å². The Bertz CT molecular complexity index is 1110. The van der Waals surface area contributed by atoms with Gasteiger partial charge >= 0.3 is 0 Å². The molecule has 4 nitrogen and oxygen atoms in total. The number of benzene rings is 3. The maximum Gasteiger partial charge on any atom is 0.127 e. The molecular formula is C28H30N2O2. The smallest absolute Gasteiger partial charge is 0.127 e. The normalized spacial score (nSPS) is 18.2. The van der Waals surface area contributed by atoms with E-state index in [0.29, 0.717) is 0 Å². The van der Waals surface area contributed by atoms with Gasteiger partial charge in [0.15, 0.2) is 0 Å². The van der Waals surface area contributed by atoms with Crippen LogP contribution in [0.3, 0.4) is 0 Å². The summed E-state index contributed by atoms with van der Waals surface area (Å²) in [5, 5.41) is 0. The van der Waals surface area contributed by atoms with Crippen molar-refractivity contribution in [2.24, 2.45) is 11.7 Å². The summed E-state index contributed by atoms with van der Waals surface area (Å²) in [7, 11) is 0. The first-order valence-electron chi connectivity index (χ1n) is 10.9. The van der Waals surface area contributed by atoms with Crippen LogP contribution in [0.1, 0.15) is 31.9 Å². The first-order chi connectivity index (χ1) is 15.3. The van der Waals surface area contributed by atoms with Gasteiger partial charge in [-0.15, -0.1) is 0 Å². The van der Waals surface area contributed by atoms with Gasteiger partial charge in [-0.1, -0.05) is 51.1 Å². The van der Waals surface area contributed by atoms with E-state index in [9.17, 15) is 0 Å². The first-order valence-corrected chi connectivity index (χ1v) is 10.9. The van der Waals surface area contributed by atoms with E-state index >= 15 is 0 Å². The molecule has 0 aliphatic heterocycles. The fourth-order valence-corrected chi connectivity index (χ4v) is 3.73. The third kappa shape index (κ3) is 4.87. The molecule has 0 aromatic heterocycles. The van der Waals surface area contributed by atoms with Crippen LogP contribution in [0.4, 0.5) is 5.69 Å². The van der Waals surface area contributed by atoms with Gasteiger partial charge in [-0.25, -0.2) is 0 Å². The van der Waals surface area contributed by atoms with Crippen molar-refractivity contribution in [3.05, 3.63) is 108 Å².